The molecule has 0 amide bonds. The van der Waals surface area contributed by atoms with Gasteiger partial charge >= 0.3 is 0 Å². The fourth-order valence-corrected chi connectivity index (χ4v) is 3.26. The molecule has 19 heavy (non-hydrogen) atoms. The maximum absolute atomic E-state index is 12.2. The highest BCUT2D eigenvalue weighted by molar-refractivity contribution is 9.10. The first-order valence-electron chi connectivity index (χ1n) is 5.36. The molecule has 0 aliphatic heterocycles. The van der Waals surface area contributed by atoms with Gasteiger partial charge < -0.3 is 5.11 Å². The van der Waals surface area contributed by atoms with Crippen molar-refractivity contribution in [3.63, 3.8) is 0 Å². The van der Waals surface area contributed by atoms with E-state index in [0.717, 1.165) is 5.56 Å². The number of nitrogens with one attached hydrogen (secondary N) is 2. The molecule has 0 aliphatic rings. The van der Waals surface area contributed by atoms with E-state index in [1.807, 2.05) is 13.0 Å². The second-order valence-corrected chi connectivity index (χ2v) is 6.34. The van der Waals surface area contributed by atoms with E-state index in [1.54, 1.807) is 12.1 Å². The van der Waals surface area contributed by atoms with Crippen LogP contribution in [-0.2, 0) is 16.6 Å². The summed E-state index contributed by atoms with van der Waals surface area (Å²) < 4.78 is 27.5. The van der Waals surface area contributed by atoms with Crippen LogP contribution in [0, 0.1) is 6.92 Å². The van der Waals surface area contributed by atoms with E-state index in [1.165, 1.54) is 6.20 Å². The summed E-state index contributed by atoms with van der Waals surface area (Å²) in [5.74, 6) is 0. The number of aryl methyl sites for hydroxylation is 1. The smallest absolute Gasteiger partial charge is 0.279 e. The summed E-state index contributed by atoms with van der Waals surface area (Å²) in [6.45, 7) is 1.46. The first-order chi connectivity index (χ1) is 8.95. The van der Waals surface area contributed by atoms with Gasteiger partial charge in [0.2, 0.25) is 0 Å². The number of nitrogens with zero attached hydrogens (tertiary/aromatic N) is 1. The van der Waals surface area contributed by atoms with Crippen LogP contribution in [0.1, 0.15) is 11.1 Å². The van der Waals surface area contributed by atoms with Crippen molar-refractivity contribution in [3.8, 4) is 0 Å². The number of hydrogen-bond acceptors (Lipinski definition) is 4. The van der Waals surface area contributed by atoms with Gasteiger partial charge in [0.1, 0.15) is 0 Å². The Hall–Kier alpha value is -1.38. The molecule has 0 radical (unpaired) electrons. The molecule has 0 saturated carbocycles. The number of anilines is 1. The highest BCUT2D eigenvalue weighted by atomic mass is 79.9. The number of hydrogen-bond donors (Lipinski definition) is 3. The quantitative estimate of drug-likeness (QED) is 0.786. The third-order valence-electron chi connectivity index (χ3n) is 2.55. The average molecular weight is 346 g/mol. The van der Waals surface area contributed by atoms with Crippen molar-refractivity contribution in [2.75, 3.05) is 4.72 Å². The Balaban J connectivity index is 2.40. The molecule has 1 aromatic heterocycles. The molecular formula is C11H12BrN3O3S. The minimum absolute atomic E-state index is 0.136. The fourth-order valence-electron chi connectivity index (χ4n) is 1.57. The molecule has 0 saturated heterocycles. The maximum atomic E-state index is 12.2. The van der Waals surface area contributed by atoms with Crippen LogP contribution in [0.2, 0.25) is 0 Å². The molecule has 0 spiro atoms. The monoisotopic (exact) mass is 345 g/mol. The minimum atomic E-state index is -3.81. The number of rotatable bonds is 4. The number of halogens is 1. The largest absolute Gasteiger partial charge is 0.392 e. The van der Waals surface area contributed by atoms with E-state index >= 15 is 0 Å². The van der Waals surface area contributed by atoms with E-state index in [0.29, 0.717) is 10.2 Å². The van der Waals surface area contributed by atoms with Gasteiger partial charge in [-0.15, -0.1) is 0 Å². The fraction of sp³-hybridized carbons (Fsp3) is 0.182. The summed E-state index contributed by atoms with van der Waals surface area (Å²) in [4.78, 5) is 0. The third kappa shape index (κ3) is 2.80. The minimum Gasteiger partial charge on any atom is -0.392 e. The van der Waals surface area contributed by atoms with Crippen molar-refractivity contribution in [1.29, 1.82) is 0 Å². The predicted molar refractivity (Wildman–Crippen MR) is 74.2 cm³/mol. The lowest BCUT2D eigenvalue weighted by Gasteiger charge is -2.10. The van der Waals surface area contributed by atoms with Gasteiger partial charge in [-0.05, 0) is 34.5 Å². The number of benzene rings is 1. The molecule has 2 aromatic rings. The van der Waals surface area contributed by atoms with Crippen LogP contribution in [-0.4, -0.2) is 23.7 Å². The van der Waals surface area contributed by atoms with Gasteiger partial charge in [0, 0.05) is 10.0 Å². The first kappa shape index (κ1) is 14.0. The van der Waals surface area contributed by atoms with Gasteiger partial charge in [0.15, 0.2) is 5.03 Å². The maximum Gasteiger partial charge on any atom is 0.279 e. The Bertz CT molecular complexity index is 697. The molecular weight excluding hydrogens is 334 g/mol. The van der Waals surface area contributed by atoms with Crippen LogP contribution in [0.25, 0.3) is 0 Å². The van der Waals surface area contributed by atoms with E-state index in [4.69, 9.17) is 5.11 Å². The SMILES string of the molecule is Cc1cccc(NS(=O)(=O)c2[nH]ncc2CO)c1Br. The second kappa shape index (κ2) is 5.32. The topological polar surface area (TPSA) is 95.1 Å². The van der Waals surface area contributed by atoms with E-state index in [-0.39, 0.29) is 10.6 Å². The zero-order valence-corrected chi connectivity index (χ0v) is 12.4. The summed E-state index contributed by atoms with van der Waals surface area (Å²) in [5, 5.41) is 14.9. The number of sulfonamides is 1. The Morgan fingerprint density at radius 3 is 2.89 bits per heavy atom. The molecule has 1 heterocycles. The Morgan fingerprint density at radius 2 is 2.21 bits per heavy atom. The zero-order chi connectivity index (χ0) is 14.0. The number of H-pyrrole nitrogens is 1. The summed E-state index contributed by atoms with van der Waals surface area (Å²) >= 11 is 3.33. The standard InChI is InChI=1S/C11H12BrN3O3S/c1-7-3-2-4-9(10(7)12)15-19(17,18)11-8(6-16)5-13-14-11/h2-5,15-16H,6H2,1H3,(H,13,14). The summed E-state index contributed by atoms with van der Waals surface area (Å²) in [6.07, 6.45) is 1.28. The summed E-state index contributed by atoms with van der Waals surface area (Å²) in [6, 6.07) is 5.25. The van der Waals surface area contributed by atoms with Crippen molar-refractivity contribution >= 4 is 31.6 Å². The molecule has 102 valence electrons. The van der Waals surface area contributed by atoms with Crippen molar-refractivity contribution in [2.45, 2.75) is 18.6 Å². The van der Waals surface area contributed by atoms with Crippen molar-refractivity contribution < 1.29 is 13.5 Å². The molecule has 0 unspecified atom stereocenters. The Kier molecular flexibility index (Phi) is 3.93. The van der Waals surface area contributed by atoms with E-state index in [2.05, 4.69) is 30.8 Å². The normalized spacial score (nSPS) is 11.5. The number of aromatic amines is 1. The Morgan fingerprint density at radius 1 is 1.47 bits per heavy atom. The number of aromatic nitrogens is 2. The first-order valence-corrected chi connectivity index (χ1v) is 7.64. The molecule has 2 rings (SSSR count). The van der Waals surface area contributed by atoms with Gasteiger partial charge in [0.25, 0.3) is 10.0 Å². The second-order valence-electron chi connectivity index (χ2n) is 3.92. The number of aliphatic hydroxyl groups is 1. The highest BCUT2D eigenvalue weighted by Crippen LogP contribution is 2.28. The molecule has 0 bridgehead atoms. The van der Waals surface area contributed by atoms with Crippen LogP contribution >= 0.6 is 15.9 Å². The molecule has 3 N–H and O–H groups in total. The van der Waals surface area contributed by atoms with Crippen molar-refractivity contribution in [2.24, 2.45) is 0 Å². The van der Waals surface area contributed by atoms with E-state index < -0.39 is 16.6 Å². The lowest BCUT2D eigenvalue weighted by atomic mass is 10.2. The van der Waals surface area contributed by atoms with Gasteiger partial charge in [0.05, 0.1) is 18.5 Å². The predicted octanol–water partition coefficient (Wildman–Crippen LogP) is 1.77. The van der Waals surface area contributed by atoms with Crippen LogP contribution in [0.5, 0.6) is 0 Å². The van der Waals surface area contributed by atoms with Crippen LogP contribution in [0.4, 0.5) is 5.69 Å². The third-order valence-corrected chi connectivity index (χ3v) is 4.99. The molecule has 6 nitrogen and oxygen atoms in total. The summed E-state index contributed by atoms with van der Waals surface area (Å²) in [7, 11) is -3.81. The van der Waals surface area contributed by atoms with Crippen LogP contribution in [0.15, 0.2) is 33.9 Å². The van der Waals surface area contributed by atoms with E-state index in [9.17, 15) is 8.42 Å². The summed E-state index contributed by atoms with van der Waals surface area (Å²) in [5.41, 5.74) is 1.56. The molecule has 0 aliphatic carbocycles. The lowest BCUT2D eigenvalue weighted by Crippen LogP contribution is -2.15. The molecule has 0 fully saturated rings. The van der Waals surface area contributed by atoms with Crippen LogP contribution < -0.4 is 4.72 Å². The van der Waals surface area contributed by atoms with Crippen LogP contribution in [0.3, 0.4) is 0 Å². The van der Waals surface area contributed by atoms with Gasteiger partial charge in [-0.25, -0.2) is 0 Å². The zero-order valence-electron chi connectivity index (χ0n) is 10.0. The highest BCUT2D eigenvalue weighted by Gasteiger charge is 2.21. The van der Waals surface area contributed by atoms with Gasteiger partial charge in [-0.2, -0.15) is 13.5 Å². The van der Waals surface area contributed by atoms with Crippen molar-refractivity contribution in [3.05, 3.63) is 40.0 Å². The Labute approximate surface area is 119 Å². The molecule has 8 heteroatoms. The van der Waals surface area contributed by atoms with Crippen molar-refractivity contribution in [1.82, 2.24) is 10.2 Å². The number of aliphatic hydroxyl groups excluding tert-OH is 1. The van der Waals surface area contributed by atoms with Gasteiger partial charge in [-0.3, -0.25) is 9.82 Å². The molecule has 0 atom stereocenters. The lowest BCUT2D eigenvalue weighted by molar-refractivity contribution is 0.278. The average Bonchev–Trinajstić information content (AvgIpc) is 2.84. The van der Waals surface area contributed by atoms with Gasteiger partial charge in [-0.1, -0.05) is 12.1 Å². The molecule has 1 aromatic carbocycles.